The molecule has 2 rings (SSSR count). The molecule has 2 aromatic rings. The molecule has 6 nitrogen and oxygen atoms in total. The lowest BCUT2D eigenvalue weighted by atomic mass is 10.4. The number of carboxylic acids is 1. The standard InChI is InChI=1S/C7H4BrN3O3S/c8-3-2-15-6-5(3)7(14)11(10-9-6)1-4(12)13/h2H,1H2,(H,12,13). The monoisotopic (exact) mass is 289 g/mol. The Balaban J connectivity index is 2.69. The second-order valence-electron chi connectivity index (χ2n) is 2.71. The summed E-state index contributed by atoms with van der Waals surface area (Å²) < 4.78 is 1.43. The van der Waals surface area contributed by atoms with Crippen LogP contribution in [0.3, 0.4) is 0 Å². The normalized spacial score (nSPS) is 10.7. The van der Waals surface area contributed by atoms with Crippen LogP contribution >= 0.6 is 27.3 Å². The lowest BCUT2D eigenvalue weighted by Gasteiger charge is -1.98. The van der Waals surface area contributed by atoms with Crippen molar-refractivity contribution in [3.63, 3.8) is 0 Å². The number of nitrogens with zero attached hydrogens (tertiary/aromatic N) is 3. The van der Waals surface area contributed by atoms with Gasteiger partial charge in [-0.3, -0.25) is 9.59 Å². The molecule has 0 unspecified atom stereocenters. The summed E-state index contributed by atoms with van der Waals surface area (Å²) in [7, 11) is 0. The van der Waals surface area contributed by atoms with E-state index in [0.717, 1.165) is 4.68 Å². The largest absolute Gasteiger partial charge is 0.480 e. The summed E-state index contributed by atoms with van der Waals surface area (Å²) in [6, 6.07) is 0. The van der Waals surface area contributed by atoms with Gasteiger partial charge in [-0.05, 0) is 15.9 Å². The van der Waals surface area contributed by atoms with Gasteiger partial charge in [0.15, 0.2) is 4.83 Å². The average molecular weight is 290 g/mol. The van der Waals surface area contributed by atoms with Crippen molar-refractivity contribution in [1.82, 2.24) is 15.0 Å². The van der Waals surface area contributed by atoms with Crippen LogP contribution in [0.4, 0.5) is 0 Å². The number of aromatic nitrogens is 3. The Bertz CT molecular complexity index is 591. The fourth-order valence-electron chi connectivity index (χ4n) is 1.09. The minimum absolute atomic E-state index is 0.372. The average Bonchev–Trinajstić information content (AvgIpc) is 2.53. The molecule has 0 bridgehead atoms. The molecule has 78 valence electrons. The molecule has 2 heterocycles. The van der Waals surface area contributed by atoms with Crippen molar-refractivity contribution in [3.05, 3.63) is 20.2 Å². The van der Waals surface area contributed by atoms with Crippen molar-refractivity contribution < 1.29 is 9.90 Å². The molecule has 0 aromatic carbocycles. The van der Waals surface area contributed by atoms with Crippen molar-refractivity contribution in [2.24, 2.45) is 0 Å². The number of halogens is 1. The predicted octanol–water partition coefficient (Wildman–Crippen LogP) is 0.700. The van der Waals surface area contributed by atoms with Gasteiger partial charge in [-0.15, -0.1) is 16.4 Å². The molecule has 0 atom stereocenters. The van der Waals surface area contributed by atoms with Crippen molar-refractivity contribution in [2.75, 3.05) is 0 Å². The number of rotatable bonds is 2. The van der Waals surface area contributed by atoms with Gasteiger partial charge in [0.1, 0.15) is 6.54 Å². The van der Waals surface area contributed by atoms with Crippen LogP contribution in [0.5, 0.6) is 0 Å². The fraction of sp³-hybridized carbons (Fsp3) is 0.143. The first kappa shape index (κ1) is 10.2. The van der Waals surface area contributed by atoms with Crippen molar-refractivity contribution in [3.8, 4) is 0 Å². The lowest BCUT2D eigenvalue weighted by molar-refractivity contribution is -0.138. The molecule has 0 spiro atoms. The summed E-state index contributed by atoms with van der Waals surface area (Å²) >= 11 is 4.47. The topological polar surface area (TPSA) is 85.1 Å². The number of carboxylic acid groups (broad SMARTS) is 1. The Morgan fingerprint density at radius 3 is 3.07 bits per heavy atom. The summed E-state index contributed by atoms with van der Waals surface area (Å²) in [5.41, 5.74) is -0.449. The molecule has 0 aliphatic rings. The Morgan fingerprint density at radius 2 is 2.40 bits per heavy atom. The first-order chi connectivity index (χ1) is 7.09. The number of hydrogen-bond acceptors (Lipinski definition) is 5. The van der Waals surface area contributed by atoms with E-state index in [1.54, 1.807) is 5.38 Å². The minimum Gasteiger partial charge on any atom is -0.480 e. The maximum Gasteiger partial charge on any atom is 0.325 e. The second-order valence-corrected chi connectivity index (χ2v) is 4.42. The van der Waals surface area contributed by atoms with E-state index in [1.807, 2.05) is 0 Å². The molecule has 0 aliphatic heterocycles. The van der Waals surface area contributed by atoms with Gasteiger partial charge in [-0.25, -0.2) is 0 Å². The van der Waals surface area contributed by atoms with Gasteiger partial charge in [-0.2, -0.15) is 4.68 Å². The highest BCUT2D eigenvalue weighted by Crippen LogP contribution is 2.24. The molecule has 0 radical (unpaired) electrons. The molecule has 15 heavy (non-hydrogen) atoms. The molecule has 0 saturated carbocycles. The van der Waals surface area contributed by atoms with E-state index in [2.05, 4.69) is 26.2 Å². The highest BCUT2D eigenvalue weighted by atomic mass is 79.9. The molecule has 0 aliphatic carbocycles. The number of carbonyl (C=O) groups is 1. The Morgan fingerprint density at radius 1 is 1.67 bits per heavy atom. The van der Waals surface area contributed by atoms with Gasteiger partial charge >= 0.3 is 5.97 Å². The van der Waals surface area contributed by atoms with Gasteiger partial charge < -0.3 is 5.11 Å². The van der Waals surface area contributed by atoms with E-state index in [0.29, 0.717) is 14.7 Å². The van der Waals surface area contributed by atoms with E-state index in [9.17, 15) is 9.59 Å². The summed E-state index contributed by atoms with van der Waals surface area (Å²) in [4.78, 5) is 22.7. The molecule has 2 aromatic heterocycles. The molecule has 1 N–H and O–H groups in total. The quantitative estimate of drug-likeness (QED) is 0.880. The Labute approximate surface area is 95.3 Å². The summed E-state index contributed by atoms with van der Waals surface area (Å²) in [6.45, 7) is -0.482. The molecular formula is C7H4BrN3O3S. The van der Waals surface area contributed by atoms with Gasteiger partial charge in [0.25, 0.3) is 5.56 Å². The van der Waals surface area contributed by atoms with Crippen LogP contribution in [0.1, 0.15) is 0 Å². The van der Waals surface area contributed by atoms with Crippen LogP contribution < -0.4 is 5.56 Å². The van der Waals surface area contributed by atoms with E-state index in [-0.39, 0.29) is 0 Å². The summed E-state index contributed by atoms with van der Waals surface area (Å²) in [5, 5.41) is 17.9. The number of aliphatic carboxylic acids is 1. The fourth-order valence-corrected chi connectivity index (χ4v) is 2.59. The lowest BCUT2D eigenvalue weighted by Crippen LogP contribution is -2.27. The first-order valence-electron chi connectivity index (χ1n) is 3.82. The van der Waals surface area contributed by atoms with E-state index in [1.165, 1.54) is 11.3 Å². The zero-order valence-electron chi connectivity index (χ0n) is 7.18. The molecule has 0 amide bonds. The highest BCUT2D eigenvalue weighted by molar-refractivity contribution is 9.10. The zero-order chi connectivity index (χ0) is 11.0. The van der Waals surface area contributed by atoms with Crippen LogP contribution in [0.15, 0.2) is 14.6 Å². The van der Waals surface area contributed by atoms with Gasteiger partial charge in [0.2, 0.25) is 0 Å². The third-order valence-electron chi connectivity index (χ3n) is 1.70. The van der Waals surface area contributed by atoms with Gasteiger partial charge in [-0.1, -0.05) is 5.21 Å². The van der Waals surface area contributed by atoms with Crippen LogP contribution in [0, 0.1) is 0 Å². The molecule has 8 heteroatoms. The van der Waals surface area contributed by atoms with Crippen LogP contribution in [-0.2, 0) is 11.3 Å². The smallest absolute Gasteiger partial charge is 0.325 e. The number of thiophene rings is 1. The Kier molecular flexibility index (Phi) is 2.53. The van der Waals surface area contributed by atoms with E-state index >= 15 is 0 Å². The van der Waals surface area contributed by atoms with Crippen LogP contribution in [-0.4, -0.2) is 26.1 Å². The maximum absolute atomic E-state index is 11.7. The Hall–Kier alpha value is -1.28. The number of hydrogen-bond donors (Lipinski definition) is 1. The maximum atomic E-state index is 11.7. The molecule has 0 saturated heterocycles. The molecular weight excluding hydrogens is 286 g/mol. The summed E-state index contributed by atoms with van der Waals surface area (Å²) in [5.74, 6) is -1.13. The van der Waals surface area contributed by atoms with Gasteiger partial charge in [0, 0.05) is 9.85 Å². The predicted molar refractivity (Wildman–Crippen MR) is 57.0 cm³/mol. The van der Waals surface area contributed by atoms with E-state index in [4.69, 9.17) is 5.11 Å². The third kappa shape index (κ3) is 1.77. The van der Waals surface area contributed by atoms with Crippen LogP contribution in [0.25, 0.3) is 10.2 Å². The second kappa shape index (κ2) is 3.70. The zero-order valence-corrected chi connectivity index (χ0v) is 9.58. The third-order valence-corrected chi connectivity index (χ3v) is 3.49. The van der Waals surface area contributed by atoms with E-state index < -0.39 is 18.1 Å². The molecule has 0 fully saturated rings. The minimum atomic E-state index is -1.13. The van der Waals surface area contributed by atoms with Crippen molar-refractivity contribution in [1.29, 1.82) is 0 Å². The number of fused-ring (bicyclic) bond motifs is 1. The van der Waals surface area contributed by atoms with Crippen molar-refractivity contribution >= 4 is 43.5 Å². The summed E-state index contributed by atoms with van der Waals surface area (Å²) in [6.07, 6.45) is 0. The van der Waals surface area contributed by atoms with Crippen LogP contribution in [0.2, 0.25) is 0 Å². The first-order valence-corrected chi connectivity index (χ1v) is 5.49. The highest BCUT2D eigenvalue weighted by Gasteiger charge is 2.12. The van der Waals surface area contributed by atoms with Gasteiger partial charge in [0.05, 0.1) is 5.39 Å². The van der Waals surface area contributed by atoms with Crippen molar-refractivity contribution in [2.45, 2.75) is 6.54 Å². The SMILES string of the molecule is O=C(O)Cn1nnc2scc(Br)c2c1=O.